The molecule has 0 atom stereocenters. The van der Waals surface area contributed by atoms with Crippen LogP contribution in [-0.2, 0) is 23.3 Å². The minimum absolute atomic E-state index is 0.0510. The van der Waals surface area contributed by atoms with Gasteiger partial charge >= 0.3 is 0 Å². The Labute approximate surface area is 230 Å². The van der Waals surface area contributed by atoms with Crippen LogP contribution < -0.4 is 5.43 Å². The predicted octanol–water partition coefficient (Wildman–Crippen LogP) is 6.16. The third kappa shape index (κ3) is 8.50. The van der Waals surface area contributed by atoms with Gasteiger partial charge in [-0.2, -0.15) is 10.2 Å². The molecule has 0 saturated heterocycles. The third-order valence-corrected chi connectivity index (χ3v) is 5.92. The summed E-state index contributed by atoms with van der Waals surface area (Å²) in [5.41, 5.74) is 7.75. The van der Waals surface area contributed by atoms with E-state index in [-0.39, 0.29) is 28.4 Å². The largest absolute Gasteiger partial charge is 0.504 e. The molecule has 4 aromatic rings. The third-order valence-electron chi connectivity index (χ3n) is 5.92. The first-order valence-electron chi connectivity index (χ1n) is 12.8. The molecular formula is C32H36N4O3. The van der Waals surface area contributed by atoms with E-state index in [1.54, 1.807) is 4.68 Å². The fourth-order valence-corrected chi connectivity index (χ4v) is 3.84. The Hall–Kier alpha value is -4.52. The minimum Gasteiger partial charge on any atom is -0.504 e. The molecule has 0 fully saturated rings. The van der Waals surface area contributed by atoms with Crippen molar-refractivity contribution in [3.05, 3.63) is 107 Å². The molecule has 0 bridgehead atoms. The summed E-state index contributed by atoms with van der Waals surface area (Å²) in [4.78, 5) is 22.3. The molecule has 3 aromatic carbocycles. The maximum absolute atomic E-state index is 11.9. The molecule has 1 aromatic heterocycles. The van der Waals surface area contributed by atoms with Crippen LogP contribution in [-0.4, -0.2) is 32.7 Å². The molecule has 7 heteroatoms. The lowest BCUT2D eigenvalue weighted by Crippen LogP contribution is -2.10. The molecule has 0 aliphatic heterocycles. The number of rotatable bonds is 8. The molecule has 0 aliphatic rings. The normalized spacial score (nSPS) is 11.1. The lowest BCUT2D eigenvalue weighted by atomic mass is 9.86. The van der Waals surface area contributed by atoms with E-state index in [4.69, 9.17) is 0 Å². The molecule has 202 valence electrons. The Morgan fingerprint density at radius 2 is 1.46 bits per heavy atom. The van der Waals surface area contributed by atoms with Gasteiger partial charge in [-0.3, -0.25) is 14.3 Å². The van der Waals surface area contributed by atoms with Gasteiger partial charge in [0.1, 0.15) is 5.69 Å². The number of aromatic nitrogens is 2. The number of carbonyl (C=O) groups is 2. The maximum atomic E-state index is 11.9. The van der Waals surface area contributed by atoms with Crippen molar-refractivity contribution in [2.75, 3.05) is 0 Å². The van der Waals surface area contributed by atoms with E-state index in [1.807, 2.05) is 72.8 Å². The molecule has 4 rings (SSSR count). The van der Waals surface area contributed by atoms with E-state index < -0.39 is 0 Å². The van der Waals surface area contributed by atoms with E-state index >= 15 is 0 Å². The topological polar surface area (TPSA) is 96.6 Å². The SMILES string of the molecule is CC(=O)C=NNCc1ccccc1.CC(=O)c1nn(Cc2ccccc2)c(-c2ccc(C(C)(C)C)cc2)c1O. The van der Waals surface area contributed by atoms with Gasteiger partial charge < -0.3 is 10.5 Å². The zero-order valence-corrected chi connectivity index (χ0v) is 23.2. The summed E-state index contributed by atoms with van der Waals surface area (Å²) >= 11 is 0. The molecule has 0 unspecified atom stereocenters. The fraction of sp³-hybridized carbons (Fsp3) is 0.250. The van der Waals surface area contributed by atoms with E-state index in [9.17, 15) is 14.7 Å². The van der Waals surface area contributed by atoms with Crippen molar-refractivity contribution in [1.29, 1.82) is 0 Å². The van der Waals surface area contributed by atoms with E-state index in [0.29, 0.717) is 18.8 Å². The van der Waals surface area contributed by atoms with Crippen LogP contribution in [0.15, 0.2) is 90.0 Å². The highest BCUT2D eigenvalue weighted by Crippen LogP contribution is 2.34. The minimum atomic E-state index is -0.248. The van der Waals surface area contributed by atoms with Crippen molar-refractivity contribution in [1.82, 2.24) is 15.2 Å². The number of nitrogens with one attached hydrogen (secondary N) is 1. The van der Waals surface area contributed by atoms with Crippen LogP contribution >= 0.6 is 0 Å². The summed E-state index contributed by atoms with van der Waals surface area (Å²) in [6.45, 7) is 10.5. The molecular weight excluding hydrogens is 488 g/mol. The number of carbonyl (C=O) groups excluding carboxylic acids is 2. The Balaban J connectivity index is 0.000000272. The van der Waals surface area contributed by atoms with Gasteiger partial charge in [-0.1, -0.05) is 106 Å². The van der Waals surface area contributed by atoms with Gasteiger partial charge in [0.05, 0.1) is 19.3 Å². The van der Waals surface area contributed by atoms with Crippen molar-refractivity contribution in [3.63, 3.8) is 0 Å². The smallest absolute Gasteiger partial charge is 0.183 e. The van der Waals surface area contributed by atoms with Gasteiger partial charge in [0.25, 0.3) is 0 Å². The van der Waals surface area contributed by atoms with Crippen molar-refractivity contribution < 1.29 is 14.7 Å². The van der Waals surface area contributed by atoms with Crippen LogP contribution in [0, 0.1) is 0 Å². The van der Waals surface area contributed by atoms with Crippen molar-refractivity contribution >= 4 is 17.8 Å². The second-order valence-electron chi connectivity index (χ2n) is 10.3. The molecule has 0 saturated carbocycles. The molecule has 1 heterocycles. The summed E-state index contributed by atoms with van der Waals surface area (Å²) in [6, 6.07) is 27.8. The summed E-state index contributed by atoms with van der Waals surface area (Å²) in [7, 11) is 0. The number of Topliss-reactive ketones (excluding diaryl/α,β-unsaturated/α-hetero) is 2. The number of hydrogen-bond donors (Lipinski definition) is 2. The van der Waals surface area contributed by atoms with Crippen LogP contribution in [0.5, 0.6) is 5.75 Å². The summed E-state index contributed by atoms with van der Waals surface area (Å²) in [5.74, 6) is -0.362. The molecule has 0 radical (unpaired) electrons. The summed E-state index contributed by atoms with van der Waals surface area (Å²) < 4.78 is 1.70. The average Bonchev–Trinajstić information content (AvgIpc) is 3.23. The lowest BCUT2D eigenvalue weighted by molar-refractivity contribution is -0.110. The monoisotopic (exact) mass is 524 g/mol. The number of hydrogen-bond acceptors (Lipinski definition) is 6. The highest BCUT2D eigenvalue weighted by Gasteiger charge is 2.22. The van der Waals surface area contributed by atoms with E-state index in [0.717, 1.165) is 16.7 Å². The molecule has 0 spiro atoms. The highest BCUT2D eigenvalue weighted by molar-refractivity contribution is 6.26. The van der Waals surface area contributed by atoms with E-state index in [1.165, 1.54) is 25.6 Å². The summed E-state index contributed by atoms with van der Waals surface area (Å²) in [5, 5.41) is 18.7. The Bertz CT molecular complexity index is 1400. The molecule has 0 amide bonds. The van der Waals surface area contributed by atoms with Gasteiger partial charge in [0.2, 0.25) is 0 Å². The maximum Gasteiger partial charge on any atom is 0.183 e. The zero-order valence-electron chi connectivity index (χ0n) is 23.2. The number of hydrazone groups is 1. The molecule has 0 aliphatic carbocycles. The molecule has 7 nitrogen and oxygen atoms in total. The Morgan fingerprint density at radius 3 is 1.97 bits per heavy atom. The van der Waals surface area contributed by atoms with Crippen LogP contribution in [0.3, 0.4) is 0 Å². The van der Waals surface area contributed by atoms with E-state index in [2.05, 4.69) is 48.5 Å². The average molecular weight is 525 g/mol. The second kappa shape index (κ2) is 13.3. The fourth-order valence-electron chi connectivity index (χ4n) is 3.84. The van der Waals surface area contributed by atoms with Crippen molar-refractivity contribution in [2.24, 2.45) is 5.10 Å². The van der Waals surface area contributed by atoms with Crippen LogP contribution in [0.2, 0.25) is 0 Å². The summed E-state index contributed by atoms with van der Waals surface area (Å²) in [6.07, 6.45) is 1.27. The van der Waals surface area contributed by atoms with Crippen molar-refractivity contribution in [2.45, 2.75) is 53.1 Å². The first kappa shape index (κ1) is 29.0. The zero-order chi connectivity index (χ0) is 28.4. The Kier molecular flexibility index (Phi) is 9.92. The molecule has 39 heavy (non-hydrogen) atoms. The van der Waals surface area contributed by atoms with Crippen molar-refractivity contribution in [3.8, 4) is 17.0 Å². The van der Waals surface area contributed by atoms with Gasteiger partial charge in [-0.15, -0.1) is 0 Å². The van der Waals surface area contributed by atoms with Gasteiger partial charge in [0, 0.05) is 19.4 Å². The van der Waals surface area contributed by atoms with Gasteiger partial charge in [-0.05, 0) is 22.1 Å². The number of nitrogens with zero attached hydrogens (tertiary/aromatic N) is 3. The number of ketones is 2. The number of aromatic hydroxyl groups is 1. The van der Waals surface area contributed by atoms with Crippen LogP contribution in [0.1, 0.15) is 61.8 Å². The standard InChI is InChI=1S/C22H24N2O2.C10H12N2O/c1-15(25)19-21(26)20(17-10-12-18(13-11-17)22(2,3)4)24(23-19)14-16-8-6-5-7-9-16;1-9(13)7-11-12-8-10-5-3-2-4-6-10/h5-13,26H,14H2,1-4H3;2-7,12H,8H2,1H3. The Morgan fingerprint density at radius 1 is 0.897 bits per heavy atom. The van der Waals surface area contributed by atoms with Gasteiger partial charge in [0.15, 0.2) is 23.0 Å². The predicted molar refractivity (Wildman–Crippen MR) is 156 cm³/mol. The quantitative estimate of drug-likeness (QED) is 0.164. The number of benzene rings is 3. The van der Waals surface area contributed by atoms with Gasteiger partial charge in [-0.25, -0.2) is 0 Å². The molecule has 2 N–H and O–H groups in total. The van der Waals surface area contributed by atoms with Crippen LogP contribution in [0.4, 0.5) is 0 Å². The first-order chi connectivity index (χ1) is 18.6. The first-order valence-corrected chi connectivity index (χ1v) is 12.8. The van der Waals surface area contributed by atoms with Crippen LogP contribution in [0.25, 0.3) is 11.3 Å². The second-order valence-corrected chi connectivity index (χ2v) is 10.3. The highest BCUT2D eigenvalue weighted by atomic mass is 16.3. The lowest BCUT2D eigenvalue weighted by Gasteiger charge is -2.19.